The number of hydrogen-bond acceptors (Lipinski definition) is 9. The van der Waals surface area contributed by atoms with E-state index in [0.29, 0.717) is 25.1 Å². The van der Waals surface area contributed by atoms with E-state index in [0.717, 1.165) is 0 Å². The molecule has 0 aromatic carbocycles. The Bertz CT molecular complexity index is 392. The van der Waals surface area contributed by atoms with E-state index in [-0.39, 0.29) is 12.4 Å². The van der Waals surface area contributed by atoms with Crippen LogP contribution in [0.5, 0.6) is 0 Å². The van der Waals surface area contributed by atoms with Crippen LogP contribution in [-0.2, 0) is 39.3 Å². The zero-order valence-corrected chi connectivity index (χ0v) is 21.7. The van der Waals surface area contributed by atoms with Gasteiger partial charge in [-0.1, -0.05) is 0 Å². The van der Waals surface area contributed by atoms with Crippen LogP contribution < -0.4 is 0 Å². The molecule has 14 heteroatoms. The summed E-state index contributed by atoms with van der Waals surface area (Å²) < 4.78 is 44.7. The largest absolute Gasteiger partial charge is 0.500 e. The Hall–Kier alpha value is 0.274. The fraction of sp³-hybridized carbons (Fsp3) is 0.917. The number of hydrogen-bond donors (Lipinski definition) is 0. The summed E-state index contributed by atoms with van der Waals surface area (Å²) in [5, 5.41) is 0. The highest BCUT2D eigenvalue weighted by atomic mass is 28.5. The Morgan fingerprint density at radius 2 is 1.54 bits per heavy atom. The quantitative estimate of drug-likeness (QED) is 0.265. The highest BCUT2D eigenvalue weighted by Gasteiger charge is 2.37. The van der Waals surface area contributed by atoms with Crippen LogP contribution in [0.4, 0.5) is 0 Å². The summed E-state index contributed by atoms with van der Waals surface area (Å²) in [6.45, 7) is 6.15. The summed E-state index contributed by atoms with van der Waals surface area (Å²) in [5.41, 5.74) is 0. The van der Waals surface area contributed by atoms with Crippen molar-refractivity contribution >= 4 is 51.9 Å². The van der Waals surface area contributed by atoms with E-state index < -0.39 is 45.9 Å². The van der Waals surface area contributed by atoms with Crippen LogP contribution in [-0.4, -0.2) is 79.8 Å². The molecule has 0 unspecified atom stereocenters. The van der Waals surface area contributed by atoms with Gasteiger partial charge in [-0.25, -0.2) is 0 Å². The van der Waals surface area contributed by atoms with Crippen molar-refractivity contribution in [3.05, 3.63) is 0 Å². The third kappa shape index (κ3) is 8.98. The lowest BCUT2D eigenvalue weighted by Gasteiger charge is -2.29. The van der Waals surface area contributed by atoms with E-state index >= 15 is 0 Å². The van der Waals surface area contributed by atoms with Gasteiger partial charge in [-0.15, -0.1) is 0 Å². The van der Waals surface area contributed by atoms with Crippen molar-refractivity contribution in [3.8, 4) is 0 Å². The number of carbonyl (C=O) groups excluding carboxylic acids is 1. The lowest BCUT2D eigenvalue weighted by Crippen LogP contribution is -2.45. The smallest absolute Gasteiger partial charge is 0.466 e. The van der Waals surface area contributed by atoms with E-state index in [9.17, 15) is 4.79 Å². The summed E-state index contributed by atoms with van der Waals surface area (Å²) in [6.07, 6.45) is 0.894. The molecule has 1 rings (SSSR count). The highest BCUT2D eigenvalue weighted by Crippen LogP contribution is 2.15. The van der Waals surface area contributed by atoms with Crippen LogP contribution in [0.25, 0.3) is 0 Å². The summed E-state index contributed by atoms with van der Waals surface area (Å²) in [5.74, 6) is -0.259. The molecule has 9 nitrogen and oxygen atoms in total. The van der Waals surface area contributed by atoms with Gasteiger partial charge in [0.15, 0.2) is 0 Å². The maximum atomic E-state index is 12.0. The Labute approximate surface area is 163 Å². The highest BCUT2D eigenvalue weighted by molar-refractivity contribution is 6.72. The van der Waals surface area contributed by atoms with Crippen molar-refractivity contribution in [2.45, 2.75) is 44.6 Å². The lowest BCUT2D eigenvalue weighted by molar-refractivity contribution is -0.143. The molecule has 0 spiro atoms. The number of carbonyl (C=O) groups is 1. The Morgan fingerprint density at radius 3 is 2.04 bits per heavy atom. The summed E-state index contributed by atoms with van der Waals surface area (Å²) in [6, 6.07) is 1.14. The van der Waals surface area contributed by atoms with Gasteiger partial charge in [0.2, 0.25) is 0 Å². The Balaban J connectivity index is 2.28. The maximum Gasteiger partial charge on any atom is 0.500 e. The molecule has 2 radical (unpaired) electrons. The van der Waals surface area contributed by atoms with Gasteiger partial charge in [-0.3, -0.25) is 4.79 Å². The van der Waals surface area contributed by atoms with Gasteiger partial charge in [-0.2, -0.15) is 0 Å². The topological polar surface area (TPSA) is 90.9 Å². The molecule has 1 fully saturated rings. The molecule has 1 heterocycles. The van der Waals surface area contributed by atoms with Gasteiger partial charge in [0.25, 0.3) is 9.28 Å². The molecule has 152 valence electrons. The average Bonchev–Trinajstić information content (AvgIpc) is 2.59. The Morgan fingerprint density at radius 1 is 1.00 bits per heavy atom. The third-order valence-corrected chi connectivity index (χ3v) is 17.3. The van der Waals surface area contributed by atoms with Gasteiger partial charge >= 0.3 is 42.6 Å². The van der Waals surface area contributed by atoms with Crippen LogP contribution in [0.1, 0.15) is 12.8 Å². The normalized spacial score (nSPS) is 23.5. The van der Waals surface area contributed by atoms with Crippen LogP contribution in [0.3, 0.4) is 0 Å². The van der Waals surface area contributed by atoms with Crippen LogP contribution >= 0.6 is 0 Å². The second-order valence-corrected chi connectivity index (χ2v) is 17.0. The zero-order chi connectivity index (χ0) is 19.6. The second-order valence-electron chi connectivity index (χ2n) is 5.61. The van der Waals surface area contributed by atoms with E-state index in [4.69, 9.17) is 34.5 Å². The number of ether oxygens (including phenoxy) is 1. The van der Waals surface area contributed by atoms with Gasteiger partial charge < -0.3 is 34.5 Å². The molecule has 0 N–H and O–H groups in total. The molecule has 0 aromatic heterocycles. The molecular formula is C12H30O9Si5. The predicted molar refractivity (Wildman–Crippen MR) is 104 cm³/mol. The van der Waals surface area contributed by atoms with E-state index in [1.807, 2.05) is 19.6 Å². The minimum Gasteiger partial charge on any atom is -0.466 e. The minimum absolute atomic E-state index is 0.259. The van der Waals surface area contributed by atoms with Gasteiger partial charge in [0.1, 0.15) is 0 Å². The van der Waals surface area contributed by atoms with Crippen LogP contribution in [0, 0.1) is 0 Å². The van der Waals surface area contributed by atoms with Gasteiger partial charge in [-0.05, 0) is 32.1 Å². The Kier molecular flexibility index (Phi) is 11.9. The first-order valence-corrected chi connectivity index (χ1v) is 17.9. The molecule has 1 aliphatic rings. The van der Waals surface area contributed by atoms with Crippen LogP contribution in [0.2, 0.25) is 31.7 Å². The molecule has 1 saturated heterocycles. The average molecular weight is 459 g/mol. The van der Waals surface area contributed by atoms with Crippen molar-refractivity contribution in [1.29, 1.82) is 0 Å². The first kappa shape index (κ1) is 24.3. The molecule has 1 aliphatic heterocycles. The molecule has 0 atom stereocenters. The fourth-order valence-corrected chi connectivity index (χ4v) is 14.9. The summed E-state index contributed by atoms with van der Waals surface area (Å²) in [4.78, 5) is 12.0. The SMILES string of the molecule is CO[Si](CCCOC(=O)CC[SiH]1O[Si](C)O[SiH](C)O[Si](C)O1)(OC)OC. The molecule has 26 heavy (non-hydrogen) atoms. The minimum atomic E-state index is -2.61. The lowest BCUT2D eigenvalue weighted by atomic mass is 10.5. The zero-order valence-electron chi connectivity index (χ0n) is 16.4. The first-order chi connectivity index (χ1) is 12.3. The van der Waals surface area contributed by atoms with Crippen molar-refractivity contribution in [2.75, 3.05) is 27.9 Å². The molecule has 0 amide bonds. The van der Waals surface area contributed by atoms with E-state index in [2.05, 4.69) is 0 Å². The van der Waals surface area contributed by atoms with Crippen molar-refractivity contribution in [3.63, 3.8) is 0 Å². The van der Waals surface area contributed by atoms with E-state index in [1.165, 1.54) is 0 Å². The summed E-state index contributed by atoms with van der Waals surface area (Å²) in [7, 11) is -4.27. The van der Waals surface area contributed by atoms with Crippen molar-refractivity contribution in [2.24, 2.45) is 0 Å². The maximum absolute atomic E-state index is 12.0. The monoisotopic (exact) mass is 458 g/mol. The standard InChI is InChI=1S/C12H30O9Si5/c1-14-26(15-2,16-3)11-7-9-17-12(13)8-10-25-20-23(5)18-22(4)19-24(6)21-25/h22,25H,7-11H2,1-6H3. The van der Waals surface area contributed by atoms with Crippen LogP contribution in [0.15, 0.2) is 0 Å². The van der Waals surface area contributed by atoms with Gasteiger partial charge in [0.05, 0.1) is 6.61 Å². The molecule has 0 saturated carbocycles. The fourth-order valence-electron chi connectivity index (χ4n) is 2.40. The molecule has 0 bridgehead atoms. The molecular weight excluding hydrogens is 429 g/mol. The van der Waals surface area contributed by atoms with Gasteiger partial charge in [0, 0.05) is 33.8 Å². The van der Waals surface area contributed by atoms with Crippen molar-refractivity contribution < 1.29 is 39.3 Å². The molecule has 0 aromatic rings. The number of rotatable bonds is 10. The summed E-state index contributed by atoms with van der Waals surface area (Å²) >= 11 is 0. The predicted octanol–water partition coefficient (Wildman–Crippen LogP) is 0.575. The molecule has 0 aliphatic carbocycles. The number of esters is 1. The second kappa shape index (κ2) is 12.7. The third-order valence-electron chi connectivity index (χ3n) is 3.67. The first-order valence-electron chi connectivity index (χ1n) is 8.49. The van der Waals surface area contributed by atoms with E-state index in [1.54, 1.807) is 21.3 Å². The van der Waals surface area contributed by atoms with Crippen molar-refractivity contribution in [1.82, 2.24) is 0 Å².